The zero-order valence-corrected chi connectivity index (χ0v) is 11.9. The van der Waals surface area contributed by atoms with Crippen molar-refractivity contribution in [3.63, 3.8) is 0 Å². The summed E-state index contributed by atoms with van der Waals surface area (Å²) in [5, 5.41) is 4.47. The summed E-state index contributed by atoms with van der Waals surface area (Å²) in [7, 11) is 0. The molecule has 0 bridgehead atoms. The lowest BCUT2D eigenvalue weighted by Crippen LogP contribution is -2.32. The van der Waals surface area contributed by atoms with Gasteiger partial charge in [-0.3, -0.25) is 0 Å². The fraction of sp³-hybridized carbons (Fsp3) is 0.600. The summed E-state index contributed by atoms with van der Waals surface area (Å²) in [6.45, 7) is 6.99. The van der Waals surface area contributed by atoms with Gasteiger partial charge in [0.15, 0.2) is 0 Å². The molecule has 0 aliphatic carbocycles. The van der Waals surface area contributed by atoms with Crippen molar-refractivity contribution in [1.29, 1.82) is 0 Å². The van der Waals surface area contributed by atoms with Gasteiger partial charge in [-0.25, -0.2) is 0 Å². The van der Waals surface area contributed by atoms with Crippen LogP contribution in [0.1, 0.15) is 37.8 Å². The van der Waals surface area contributed by atoms with Crippen LogP contribution >= 0.6 is 11.6 Å². The molecule has 0 radical (unpaired) electrons. The predicted octanol–water partition coefficient (Wildman–Crippen LogP) is 3.48. The molecule has 0 spiro atoms. The van der Waals surface area contributed by atoms with Crippen LogP contribution in [0.25, 0.3) is 0 Å². The van der Waals surface area contributed by atoms with Crippen LogP contribution in [0.4, 0.5) is 0 Å². The highest BCUT2D eigenvalue weighted by Gasteiger charge is 2.12. The van der Waals surface area contributed by atoms with Crippen molar-refractivity contribution >= 4 is 11.6 Å². The highest BCUT2D eigenvalue weighted by molar-refractivity contribution is 6.30. The van der Waals surface area contributed by atoms with Gasteiger partial charge < -0.3 is 10.2 Å². The Balaban J connectivity index is 1.81. The van der Waals surface area contributed by atoms with E-state index in [9.17, 15) is 0 Å². The van der Waals surface area contributed by atoms with Gasteiger partial charge in [-0.15, -0.1) is 0 Å². The molecule has 1 aliphatic heterocycles. The van der Waals surface area contributed by atoms with Gasteiger partial charge in [0, 0.05) is 24.2 Å². The zero-order valence-electron chi connectivity index (χ0n) is 11.2. The molecule has 1 aromatic rings. The predicted molar refractivity (Wildman–Crippen MR) is 78.2 cm³/mol. The molecule has 18 heavy (non-hydrogen) atoms. The minimum atomic E-state index is 0.423. The van der Waals surface area contributed by atoms with Crippen LogP contribution in [0.2, 0.25) is 5.02 Å². The lowest BCUT2D eigenvalue weighted by atomic mass is 10.0. The Morgan fingerprint density at radius 2 is 2.11 bits per heavy atom. The second-order valence-electron chi connectivity index (χ2n) is 5.02. The number of likely N-dealkylation sites (tertiary alicyclic amines) is 1. The lowest BCUT2D eigenvalue weighted by Gasteiger charge is -2.20. The number of hydrogen-bond acceptors (Lipinski definition) is 2. The third-order valence-corrected chi connectivity index (χ3v) is 3.91. The molecule has 100 valence electrons. The number of halogens is 1. The molecule has 1 atom stereocenters. The third kappa shape index (κ3) is 3.98. The Bertz CT molecular complexity index is 361. The topological polar surface area (TPSA) is 15.3 Å². The molecular weight excluding hydrogens is 244 g/mol. The van der Waals surface area contributed by atoms with Crippen LogP contribution in [0.5, 0.6) is 0 Å². The van der Waals surface area contributed by atoms with Gasteiger partial charge in [-0.05, 0) is 50.0 Å². The van der Waals surface area contributed by atoms with Crippen LogP contribution in [0, 0.1) is 0 Å². The smallest absolute Gasteiger partial charge is 0.0409 e. The second kappa shape index (κ2) is 7.13. The molecule has 1 unspecified atom stereocenters. The van der Waals surface area contributed by atoms with Crippen LogP contribution in [-0.4, -0.2) is 31.1 Å². The number of nitrogens with one attached hydrogen (secondary N) is 1. The Kier molecular flexibility index (Phi) is 5.48. The van der Waals surface area contributed by atoms with Gasteiger partial charge in [0.05, 0.1) is 0 Å². The van der Waals surface area contributed by atoms with Crippen molar-refractivity contribution < 1.29 is 0 Å². The lowest BCUT2D eigenvalue weighted by molar-refractivity contribution is 0.326. The van der Waals surface area contributed by atoms with Crippen molar-refractivity contribution in [1.82, 2.24) is 10.2 Å². The minimum absolute atomic E-state index is 0.423. The Morgan fingerprint density at radius 1 is 1.33 bits per heavy atom. The van der Waals surface area contributed by atoms with Crippen LogP contribution in [0.15, 0.2) is 24.3 Å². The molecule has 1 aromatic carbocycles. The number of benzene rings is 1. The molecule has 3 heteroatoms. The molecule has 2 rings (SSSR count). The van der Waals surface area contributed by atoms with Crippen molar-refractivity contribution in [2.45, 2.75) is 32.2 Å². The Labute approximate surface area is 115 Å². The molecule has 1 N–H and O–H groups in total. The summed E-state index contributed by atoms with van der Waals surface area (Å²) < 4.78 is 0. The Morgan fingerprint density at radius 3 is 2.78 bits per heavy atom. The summed E-state index contributed by atoms with van der Waals surface area (Å²) in [5.74, 6) is 0. The van der Waals surface area contributed by atoms with Gasteiger partial charge in [0.25, 0.3) is 0 Å². The molecule has 0 saturated carbocycles. The first-order valence-corrected chi connectivity index (χ1v) is 7.38. The first-order valence-electron chi connectivity index (χ1n) is 7.01. The highest BCUT2D eigenvalue weighted by atomic mass is 35.5. The van der Waals surface area contributed by atoms with Crippen molar-refractivity contribution in [3.8, 4) is 0 Å². The monoisotopic (exact) mass is 266 g/mol. The van der Waals surface area contributed by atoms with Crippen molar-refractivity contribution in [2.75, 3.05) is 26.2 Å². The molecule has 2 nitrogen and oxygen atoms in total. The normalized spacial score (nSPS) is 18.1. The molecule has 1 fully saturated rings. The quantitative estimate of drug-likeness (QED) is 0.848. The van der Waals surface area contributed by atoms with E-state index in [2.05, 4.69) is 29.3 Å². The fourth-order valence-corrected chi connectivity index (χ4v) is 2.82. The average Bonchev–Trinajstić information content (AvgIpc) is 2.88. The molecule has 1 heterocycles. The maximum atomic E-state index is 6.05. The van der Waals surface area contributed by atoms with E-state index in [1.807, 2.05) is 12.1 Å². The summed E-state index contributed by atoms with van der Waals surface area (Å²) in [6.07, 6.45) is 3.83. The van der Waals surface area contributed by atoms with E-state index in [0.29, 0.717) is 6.04 Å². The van der Waals surface area contributed by atoms with E-state index < -0.39 is 0 Å². The van der Waals surface area contributed by atoms with Gasteiger partial charge in [0.1, 0.15) is 0 Å². The fourth-order valence-electron chi connectivity index (χ4n) is 2.62. The summed E-state index contributed by atoms with van der Waals surface area (Å²) in [4.78, 5) is 2.54. The zero-order chi connectivity index (χ0) is 12.8. The van der Waals surface area contributed by atoms with E-state index in [1.54, 1.807) is 0 Å². The molecule has 1 saturated heterocycles. The number of rotatable bonds is 6. The number of hydrogen-bond donors (Lipinski definition) is 1. The van der Waals surface area contributed by atoms with Gasteiger partial charge in [-0.1, -0.05) is 30.7 Å². The summed E-state index contributed by atoms with van der Waals surface area (Å²) in [5.41, 5.74) is 1.30. The number of nitrogens with zero attached hydrogens (tertiary/aromatic N) is 1. The van der Waals surface area contributed by atoms with E-state index in [1.165, 1.54) is 31.5 Å². The molecule has 0 aromatic heterocycles. The van der Waals surface area contributed by atoms with Gasteiger partial charge >= 0.3 is 0 Å². The van der Waals surface area contributed by atoms with Crippen molar-refractivity contribution in [3.05, 3.63) is 34.9 Å². The van der Waals surface area contributed by atoms with Crippen LogP contribution in [-0.2, 0) is 0 Å². The SMILES string of the molecule is CCC(NCCN1CCCC1)c1cccc(Cl)c1. The van der Waals surface area contributed by atoms with E-state index in [0.717, 1.165) is 24.5 Å². The first-order chi connectivity index (χ1) is 8.79. The van der Waals surface area contributed by atoms with Gasteiger partial charge in [-0.2, -0.15) is 0 Å². The highest BCUT2D eigenvalue weighted by Crippen LogP contribution is 2.20. The molecular formula is C15H23ClN2. The van der Waals surface area contributed by atoms with Crippen molar-refractivity contribution in [2.24, 2.45) is 0 Å². The van der Waals surface area contributed by atoms with E-state index >= 15 is 0 Å². The van der Waals surface area contributed by atoms with Crippen LogP contribution in [0.3, 0.4) is 0 Å². The average molecular weight is 267 g/mol. The molecule has 0 amide bonds. The Hall–Kier alpha value is -0.570. The maximum absolute atomic E-state index is 6.05. The second-order valence-corrected chi connectivity index (χ2v) is 5.46. The first kappa shape index (κ1) is 13.9. The summed E-state index contributed by atoms with van der Waals surface area (Å²) >= 11 is 6.05. The summed E-state index contributed by atoms with van der Waals surface area (Å²) in [6, 6.07) is 8.61. The van der Waals surface area contributed by atoms with E-state index in [4.69, 9.17) is 11.6 Å². The van der Waals surface area contributed by atoms with Crippen LogP contribution < -0.4 is 5.32 Å². The maximum Gasteiger partial charge on any atom is 0.0409 e. The third-order valence-electron chi connectivity index (χ3n) is 3.68. The van der Waals surface area contributed by atoms with E-state index in [-0.39, 0.29) is 0 Å². The van der Waals surface area contributed by atoms with Gasteiger partial charge in [0.2, 0.25) is 0 Å². The largest absolute Gasteiger partial charge is 0.309 e. The minimum Gasteiger partial charge on any atom is -0.309 e. The molecule has 1 aliphatic rings. The standard InChI is InChI=1S/C15H23ClN2/c1-2-15(13-6-5-7-14(16)12-13)17-8-11-18-9-3-4-10-18/h5-7,12,15,17H,2-4,8-11H2,1H3.